The largest absolute Gasteiger partial charge is 0.389 e. The van der Waals surface area contributed by atoms with Gasteiger partial charge >= 0.3 is 0 Å². The molecule has 1 aliphatic rings. The molecule has 0 radical (unpaired) electrons. The van der Waals surface area contributed by atoms with Crippen molar-refractivity contribution < 1.29 is 5.11 Å². The third-order valence-electron chi connectivity index (χ3n) is 3.70. The van der Waals surface area contributed by atoms with Gasteiger partial charge in [0.15, 0.2) is 0 Å². The summed E-state index contributed by atoms with van der Waals surface area (Å²) in [5, 5.41) is 9.60. The molecule has 1 atom stereocenters. The molecule has 18 heavy (non-hydrogen) atoms. The van der Waals surface area contributed by atoms with Crippen LogP contribution in [0.2, 0.25) is 0 Å². The number of aliphatic hydroxyl groups is 1. The SMILES string of the molecule is C[C@H](O)c1ccc(N2CCCC(C)(C)C2)c(Br)c1. The molecule has 0 aliphatic carbocycles. The first kappa shape index (κ1) is 13.9. The number of hydrogen-bond acceptors (Lipinski definition) is 2. The summed E-state index contributed by atoms with van der Waals surface area (Å²) in [6.07, 6.45) is 2.14. The lowest BCUT2D eigenvalue weighted by Gasteiger charge is -2.40. The zero-order chi connectivity index (χ0) is 13.3. The van der Waals surface area contributed by atoms with Crippen LogP contribution in [0.4, 0.5) is 5.69 Å². The van der Waals surface area contributed by atoms with Gasteiger partial charge in [-0.1, -0.05) is 19.9 Å². The Kier molecular flexibility index (Phi) is 4.02. The van der Waals surface area contributed by atoms with Gasteiger partial charge in [0.05, 0.1) is 11.8 Å². The third kappa shape index (κ3) is 3.07. The Hall–Kier alpha value is -0.540. The molecule has 1 N–H and O–H groups in total. The van der Waals surface area contributed by atoms with Gasteiger partial charge in [0.2, 0.25) is 0 Å². The highest BCUT2D eigenvalue weighted by atomic mass is 79.9. The van der Waals surface area contributed by atoms with Crippen LogP contribution in [-0.4, -0.2) is 18.2 Å². The van der Waals surface area contributed by atoms with E-state index in [0.717, 1.165) is 23.1 Å². The Labute approximate surface area is 118 Å². The summed E-state index contributed by atoms with van der Waals surface area (Å²) < 4.78 is 1.08. The van der Waals surface area contributed by atoms with Crippen molar-refractivity contribution in [3.8, 4) is 0 Å². The molecule has 0 bridgehead atoms. The van der Waals surface area contributed by atoms with E-state index in [1.54, 1.807) is 6.92 Å². The quantitative estimate of drug-likeness (QED) is 0.887. The number of benzene rings is 1. The zero-order valence-electron chi connectivity index (χ0n) is 11.4. The summed E-state index contributed by atoms with van der Waals surface area (Å²) in [6, 6.07) is 6.17. The summed E-state index contributed by atoms with van der Waals surface area (Å²) >= 11 is 3.64. The maximum absolute atomic E-state index is 9.60. The number of piperidine rings is 1. The minimum absolute atomic E-state index is 0.390. The first-order valence-electron chi connectivity index (χ1n) is 6.61. The van der Waals surface area contributed by atoms with Crippen LogP contribution in [0.25, 0.3) is 0 Å². The molecule has 0 aromatic heterocycles. The van der Waals surface area contributed by atoms with Crippen LogP contribution < -0.4 is 4.90 Å². The molecule has 0 amide bonds. The van der Waals surface area contributed by atoms with E-state index in [1.807, 2.05) is 12.1 Å². The van der Waals surface area contributed by atoms with Crippen molar-refractivity contribution in [2.45, 2.75) is 39.7 Å². The van der Waals surface area contributed by atoms with Gasteiger partial charge in [0.1, 0.15) is 0 Å². The number of halogens is 1. The maximum Gasteiger partial charge on any atom is 0.0762 e. The molecule has 1 aromatic rings. The molecular weight excluding hydrogens is 290 g/mol. The molecule has 0 spiro atoms. The van der Waals surface area contributed by atoms with Crippen molar-refractivity contribution in [2.75, 3.05) is 18.0 Å². The van der Waals surface area contributed by atoms with Gasteiger partial charge in [-0.2, -0.15) is 0 Å². The number of hydrogen-bond donors (Lipinski definition) is 1. The van der Waals surface area contributed by atoms with E-state index in [4.69, 9.17) is 0 Å². The van der Waals surface area contributed by atoms with Crippen LogP contribution in [-0.2, 0) is 0 Å². The molecule has 3 heteroatoms. The summed E-state index contributed by atoms with van der Waals surface area (Å²) in [5.74, 6) is 0. The summed E-state index contributed by atoms with van der Waals surface area (Å²) in [7, 11) is 0. The van der Waals surface area contributed by atoms with Crippen LogP contribution in [0, 0.1) is 5.41 Å². The Morgan fingerprint density at radius 1 is 1.39 bits per heavy atom. The second-order valence-corrected chi connectivity index (χ2v) is 6.93. The first-order chi connectivity index (χ1) is 8.39. The number of anilines is 1. The van der Waals surface area contributed by atoms with E-state index in [0.29, 0.717) is 5.41 Å². The predicted octanol–water partition coefficient (Wildman–Crippen LogP) is 4.13. The average Bonchev–Trinajstić information content (AvgIpc) is 2.27. The molecular formula is C15H22BrNO. The van der Waals surface area contributed by atoms with E-state index in [1.165, 1.54) is 18.5 Å². The average molecular weight is 312 g/mol. The van der Waals surface area contributed by atoms with E-state index in [-0.39, 0.29) is 0 Å². The summed E-state index contributed by atoms with van der Waals surface area (Å²) in [5.41, 5.74) is 2.59. The highest BCUT2D eigenvalue weighted by Gasteiger charge is 2.27. The maximum atomic E-state index is 9.60. The Morgan fingerprint density at radius 3 is 2.67 bits per heavy atom. The minimum Gasteiger partial charge on any atom is -0.389 e. The Morgan fingerprint density at radius 2 is 2.11 bits per heavy atom. The van der Waals surface area contributed by atoms with Gasteiger partial charge in [-0.15, -0.1) is 0 Å². The fourth-order valence-corrected chi connectivity index (χ4v) is 3.32. The molecule has 0 unspecified atom stereocenters. The van der Waals surface area contributed by atoms with E-state index in [9.17, 15) is 5.11 Å². The molecule has 0 saturated carbocycles. The fourth-order valence-electron chi connectivity index (χ4n) is 2.67. The van der Waals surface area contributed by atoms with Crippen molar-refractivity contribution in [3.05, 3.63) is 28.2 Å². The monoisotopic (exact) mass is 311 g/mol. The van der Waals surface area contributed by atoms with E-state index in [2.05, 4.69) is 40.7 Å². The first-order valence-corrected chi connectivity index (χ1v) is 7.41. The van der Waals surface area contributed by atoms with Gasteiger partial charge < -0.3 is 10.0 Å². The number of aliphatic hydroxyl groups excluding tert-OH is 1. The standard InChI is InChI=1S/C15H22BrNO/c1-11(18)12-5-6-14(13(16)9-12)17-8-4-7-15(2,3)10-17/h5-6,9,11,18H,4,7-8,10H2,1-3H3/t11-/m0/s1. The predicted molar refractivity (Wildman–Crippen MR) is 80.0 cm³/mol. The third-order valence-corrected chi connectivity index (χ3v) is 4.33. The van der Waals surface area contributed by atoms with Crippen LogP contribution in [0.1, 0.15) is 45.3 Å². The van der Waals surface area contributed by atoms with Crippen molar-refractivity contribution in [3.63, 3.8) is 0 Å². The minimum atomic E-state index is -0.409. The molecule has 1 aliphatic heterocycles. The lowest BCUT2D eigenvalue weighted by Crippen LogP contribution is -2.40. The molecule has 2 nitrogen and oxygen atoms in total. The second kappa shape index (κ2) is 5.22. The molecule has 2 rings (SSSR count). The van der Waals surface area contributed by atoms with Gasteiger partial charge in [0.25, 0.3) is 0 Å². The van der Waals surface area contributed by atoms with Crippen molar-refractivity contribution in [1.82, 2.24) is 0 Å². The van der Waals surface area contributed by atoms with Crippen molar-refractivity contribution in [1.29, 1.82) is 0 Å². The van der Waals surface area contributed by atoms with Crippen molar-refractivity contribution >= 4 is 21.6 Å². The van der Waals surface area contributed by atoms with Crippen LogP contribution in [0.15, 0.2) is 22.7 Å². The highest BCUT2D eigenvalue weighted by molar-refractivity contribution is 9.10. The smallest absolute Gasteiger partial charge is 0.0762 e. The molecule has 1 saturated heterocycles. The van der Waals surface area contributed by atoms with Crippen LogP contribution in [0.5, 0.6) is 0 Å². The lowest BCUT2D eigenvalue weighted by atomic mass is 9.84. The van der Waals surface area contributed by atoms with Gasteiger partial charge in [0, 0.05) is 17.6 Å². The topological polar surface area (TPSA) is 23.5 Å². The molecule has 1 fully saturated rings. The van der Waals surface area contributed by atoms with Crippen LogP contribution >= 0.6 is 15.9 Å². The second-order valence-electron chi connectivity index (χ2n) is 6.08. The lowest BCUT2D eigenvalue weighted by molar-refractivity contribution is 0.199. The molecule has 100 valence electrons. The van der Waals surface area contributed by atoms with Gasteiger partial charge in [-0.25, -0.2) is 0 Å². The normalized spacial score (nSPS) is 20.8. The zero-order valence-corrected chi connectivity index (χ0v) is 13.0. The van der Waals surface area contributed by atoms with Crippen LogP contribution in [0.3, 0.4) is 0 Å². The molecule has 1 heterocycles. The number of rotatable bonds is 2. The van der Waals surface area contributed by atoms with E-state index >= 15 is 0 Å². The van der Waals surface area contributed by atoms with Gasteiger partial charge in [-0.05, 0) is 58.8 Å². The van der Waals surface area contributed by atoms with Gasteiger partial charge in [-0.3, -0.25) is 0 Å². The number of nitrogens with zero attached hydrogens (tertiary/aromatic N) is 1. The summed E-state index contributed by atoms with van der Waals surface area (Å²) in [4.78, 5) is 2.44. The Balaban J connectivity index is 2.23. The fraction of sp³-hybridized carbons (Fsp3) is 0.600. The van der Waals surface area contributed by atoms with Crippen molar-refractivity contribution in [2.24, 2.45) is 5.41 Å². The molecule has 1 aromatic carbocycles. The van der Waals surface area contributed by atoms with E-state index < -0.39 is 6.10 Å². The highest BCUT2D eigenvalue weighted by Crippen LogP contribution is 2.35. The summed E-state index contributed by atoms with van der Waals surface area (Å²) in [6.45, 7) is 8.68. The Bertz CT molecular complexity index is 429.